The van der Waals surface area contributed by atoms with Gasteiger partial charge in [-0.3, -0.25) is 10.1 Å². The smallest absolute Gasteiger partial charge is 0.739 e. The minimum atomic E-state index is -5.03. The molecule has 0 bridgehead atoms. The summed E-state index contributed by atoms with van der Waals surface area (Å²) in [4.78, 5) is 10.6. The second kappa shape index (κ2) is 19.8. The van der Waals surface area contributed by atoms with Crippen LogP contribution in [0.1, 0.15) is 22.3 Å². The zero-order valence-corrected chi connectivity index (χ0v) is 33.9. The molecule has 0 heterocycles. The van der Waals surface area contributed by atoms with Crippen LogP contribution in [0.3, 0.4) is 0 Å². The first-order valence-corrected chi connectivity index (χ1v) is 19.0. The van der Waals surface area contributed by atoms with Crippen LogP contribution in [0.15, 0.2) is 6.07 Å². The van der Waals surface area contributed by atoms with Crippen LogP contribution < -0.4 is 118 Å². The van der Waals surface area contributed by atoms with Gasteiger partial charge >= 0.3 is 118 Å². The molecule has 0 aliphatic carbocycles. The van der Waals surface area contributed by atoms with E-state index in [0.29, 0.717) is 0 Å². The van der Waals surface area contributed by atoms with Crippen LogP contribution in [-0.4, -0.2) is 56.8 Å². The van der Waals surface area contributed by atoms with Crippen molar-refractivity contribution in [1.29, 1.82) is 0 Å². The van der Waals surface area contributed by atoms with Gasteiger partial charge in [0.05, 0.1) is 4.92 Å². The van der Waals surface area contributed by atoms with Crippen molar-refractivity contribution in [2.24, 2.45) is 0 Å². The third kappa shape index (κ3) is 21.1. The molecule has 0 unspecified atom stereocenters. The molecule has 1 rings (SSSR count). The summed E-state index contributed by atoms with van der Waals surface area (Å²) in [5.74, 6) is -3.49. The third-order valence-electron chi connectivity index (χ3n) is 3.29. The summed E-state index contributed by atoms with van der Waals surface area (Å²) >= 11 is 0. The number of nitrogens with zero attached hydrogens (tertiary/aromatic N) is 1. The van der Waals surface area contributed by atoms with Gasteiger partial charge in [0.25, 0.3) is 5.69 Å². The van der Waals surface area contributed by atoms with Crippen molar-refractivity contribution >= 4 is 85.5 Å². The minimum Gasteiger partial charge on any atom is -0.739 e. The van der Waals surface area contributed by atoms with Crippen LogP contribution >= 0.6 is 43.2 Å². The number of benzene rings is 1. The summed E-state index contributed by atoms with van der Waals surface area (Å²) < 4.78 is 132. The number of hydrogen-bond acceptors (Lipinski definition) is 18. The fourth-order valence-corrected chi connectivity index (χ4v) is 7.63. The normalized spacial score (nSPS) is 11.8. The van der Waals surface area contributed by atoms with Crippen molar-refractivity contribution in [3.8, 4) is 0 Å². The van der Waals surface area contributed by atoms with E-state index in [0.717, 1.165) is 6.07 Å². The molecule has 190 valence electrons. The van der Waals surface area contributed by atoms with Crippen molar-refractivity contribution in [2.45, 2.75) is 23.0 Å². The van der Waals surface area contributed by atoms with Gasteiger partial charge in [-0.15, -0.1) is 0 Å². The summed E-state index contributed by atoms with van der Waals surface area (Å²) in [6.07, 6.45) is 0. The van der Waals surface area contributed by atoms with E-state index in [1.165, 1.54) is 0 Å². The summed E-state index contributed by atoms with van der Waals surface area (Å²) in [6, 6.07) is 0.893. The minimum absolute atomic E-state index is 0. The van der Waals surface area contributed by atoms with Crippen LogP contribution in [0.2, 0.25) is 0 Å². The Kier molecular flexibility index (Phi) is 25.5. The first kappa shape index (κ1) is 47.6. The molecular weight excluding hydrogens is 707 g/mol. The van der Waals surface area contributed by atoms with Crippen LogP contribution in [0, 0.1) is 10.1 Å². The Balaban J connectivity index is -0.00000136. The fourth-order valence-electron chi connectivity index (χ4n) is 2.20. The molecular formula is C10H9NNa4O14S8. The predicted molar refractivity (Wildman–Crippen MR) is 117 cm³/mol. The van der Waals surface area contributed by atoms with E-state index in [9.17, 15) is 62.0 Å². The van der Waals surface area contributed by atoms with Crippen LogP contribution in [0.25, 0.3) is 0 Å². The third-order valence-corrected chi connectivity index (χ3v) is 11.0. The molecule has 0 fully saturated rings. The zero-order chi connectivity index (χ0) is 25.8. The maximum absolute atomic E-state index is 11.8. The Labute approximate surface area is 316 Å². The van der Waals surface area contributed by atoms with Gasteiger partial charge in [0.1, 0.15) is 36.6 Å². The number of hydrogen-bond donors (Lipinski definition) is 0. The topological polar surface area (TPSA) is 272 Å². The zero-order valence-electron chi connectivity index (χ0n) is 19.3. The summed E-state index contributed by atoms with van der Waals surface area (Å²) in [5.41, 5.74) is -2.96. The van der Waals surface area contributed by atoms with Gasteiger partial charge in [-0.05, 0) is 54.3 Å². The van der Waals surface area contributed by atoms with E-state index in [4.69, 9.17) is 0 Å². The first-order chi connectivity index (χ1) is 14.7. The molecule has 27 heteroatoms. The van der Waals surface area contributed by atoms with Crippen molar-refractivity contribution in [1.82, 2.24) is 0 Å². The number of nitro benzene ring substituents is 1. The maximum atomic E-state index is 11.8. The van der Waals surface area contributed by atoms with E-state index in [2.05, 4.69) is 0 Å². The predicted octanol–water partition coefficient (Wildman–Crippen LogP) is -11.6. The van der Waals surface area contributed by atoms with Crippen LogP contribution in [0.5, 0.6) is 0 Å². The molecule has 0 radical (unpaired) electrons. The Morgan fingerprint density at radius 3 is 1.03 bits per heavy atom. The van der Waals surface area contributed by atoms with Gasteiger partial charge in [-0.2, -0.15) is 0 Å². The second-order valence-electron chi connectivity index (χ2n) is 5.44. The largest absolute Gasteiger partial charge is 1.00 e. The molecule has 0 spiro atoms. The van der Waals surface area contributed by atoms with Gasteiger partial charge in [-0.25, -0.2) is 33.7 Å². The molecule has 0 aromatic heterocycles. The Hall–Kier alpha value is 3.66. The fraction of sp³-hybridized carbons (Fsp3) is 0.400. The molecule has 0 amide bonds. The molecule has 15 nitrogen and oxygen atoms in total. The van der Waals surface area contributed by atoms with Crippen LogP contribution in [0.4, 0.5) is 5.69 Å². The van der Waals surface area contributed by atoms with Gasteiger partial charge in [-0.1, -0.05) is 6.07 Å². The van der Waals surface area contributed by atoms with E-state index in [-0.39, 0.29) is 173 Å². The van der Waals surface area contributed by atoms with Crippen LogP contribution in [-0.2, 0) is 59.6 Å². The Bertz CT molecular complexity index is 1260. The number of rotatable bonds is 13. The molecule has 0 N–H and O–H groups in total. The molecule has 0 aliphatic rings. The average molecular weight is 716 g/mol. The van der Waals surface area contributed by atoms with Crippen molar-refractivity contribution in [2.75, 3.05) is 0 Å². The maximum Gasteiger partial charge on any atom is 1.00 e. The Morgan fingerprint density at radius 1 is 0.568 bits per heavy atom. The van der Waals surface area contributed by atoms with Gasteiger partial charge in [0.2, 0.25) is 0 Å². The van der Waals surface area contributed by atoms with Gasteiger partial charge in [0.15, 0.2) is 0 Å². The van der Waals surface area contributed by atoms with Crippen molar-refractivity contribution < 1.29 is 175 Å². The summed E-state index contributed by atoms with van der Waals surface area (Å²) in [7, 11) is -21.2. The molecule has 0 saturated heterocycles. The summed E-state index contributed by atoms with van der Waals surface area (Å²) in [5, 5.41) is 11.8. The second-order valence-corrected chi connectivity index (χ2v) is 18.5. The van der Waals surface area contributed by atoms with E-state index in [1.807, 2.05) is 0 Å². The van der Waals surface area contributed by atoms with E-state index < -0.39 is 81.3 Å². The van der Waals surface area contributed by atoms with Crippen molar-refractivity contribution in [3.05, 3.63) is 38.4 Å². The molecule has 1 aromatic rings. The van der Waals surface area contributed by atoms with Crippen molar-refractivity contribution in [3.63, 3.8) is 0 Å². The van der Waals surface area contributed by atoms with Gasteiger partial charge < -0.3 is 18.2 Å². The molecule has 1 aromatic carbocycles. The summed E-state index contributed by atoms with van der Waals surface area (Å²) in [6.45, 7) is 0. The molecule has 0 atom stereocenters. The molecule has 0 saturated carbocycles. The SMILES string of the molecule is O=[N+]([O-])c1c(CSS(=O)(=O)[O-])c(CSS(=O)(=O)[O-])cc(CSS(=O)(=O)[O-])c1CSS(=O)(=O)[O-].[Na+].[Na+].[Na+].[Na+]. The van der Waals surface area contributed by atoms with Gasteiger partial charge in [0, 0.05) is 34.1 Å². The Morgan fingerprint density at radius 2 is 0.811 bits per heavy atom. The first-order valence-electron chi connectivity index (χ1n) is 7.40. The molecule has 37 heavy (non-hydrogen) atoms. The standard InChI is InChI=1S/C10H13NO14S8.4Na/c12-11(13)10-8(4-28-32(20,21)22)6(2-26-30(14,15)16)1-7(3-27-31(17,18)19)9(10)5-29-33(23,24)25;;;;/h1H,2-5H2,(H,14,15,16)(H,17,18,19)(H,20,21,22)(H,23,24,25);;;;/q;4*+1/p-4. The quantitative estimate of drug-likeness (QED) is 0.0603. The number of nitro groups is 1. The molecule has 0 aliphatic heterocycles. The van der Waals surface area contributed by atoms with E-state index >= 15 is 0 Å². The monoisotopic (exact) mass is 715 g/mol. The van der Waals surface area contributed by atoms with E-state index in [1.54, 1.807) is 0 Å². The average Bonchev–Trinajstić information content (AvgIpc) is 2.58.